The molecule has 3 unspecified atom stereocenters. The molecule has 0 heterocycles. The van der Waals surface area contributed by atoms with Gasteiger partial charge in [-0.15, -0.1) is 0 Å². The second-order valence-electron chi connectivity index (χ2n) is 6.01. The molecule has 1 amide bonds. The Hall–Kier alpha value is -1.81. The molecule has 1 aliphatic rings. The number of nitrogens with one attached hydrogen (secondary N) is 2. The number of aliphatic hydroxyl groups is 5. The number of amides is 1. The van der Waals surface area contributed by atoms with E-state index in [0.717, 1.165) is 0 Å². The average Bonchev–Trinajstić information content (AvgIpc) is 2.64. The third kappa shape index (κ3) is 4.63. The zero-order valence-corrected chi connectivity index (χ0v) is 13.6. The van der Waals surface area contributed by atoms with Crippen molar-refractivity contribution in [2.45, 2.75) is 36.5 Å². The second kappa shape index (κ2) is 9.04. The monoisotopic (exact) mass is 352 g/mol. The molecule has 2 rings (SSSR count). The molecule has 8 heteroatoms. The smallest absolute Gasteiger partial charge is 0.207 e. The Morgan fingerprint density at radius 1 is 1.12 bits per heavy atom. The molecule has 1 aromatic carbocycles. The van der Waals surface area contributed by atoms with E-state index in [1.54, 1.807) is 24.3 Å². The molecular formula is C17H24N2O6. The van der Waals surface area contributed by atoms with E-state index >= 15 is 0 Å². The standard InChI is InChI=1S/C17H24N2O6/c20-8-11-6-12(16(24)17(25)15(11)23)18-7-13(19-9-21)14(22)10-4-2-1-3-5-10/h1-6,9,12-18,20,22-25H,7-8H2,(H,19,21)/t12-,13?,14-,15?,16?,17+/m1/s1. The first-order valence-electron chi connectivity index (χ1n) is 8.01. The van der Waals surface area contributed by atoms with Crippen LogP contribution in [0.5, 0.6) is 0 Å². The van der Waals surface area contributed by atoms with Crippen LogP contribution < -0.4 is 10.6 Å². The molecule has 0 aromatic heterocycles. The fourth-order valence-electron chi connectivity index (χ4n) is 2.87. The lowest BCUT2D eigenvalue weighted by Crippen LogP contribution is -2.56. The van der Waals surface area contributed by atoms with E-state index in [-0.39, 0.29) is 12.1 Å². The Labute approximate surface area is 145 Å². The third-order valence-corrected chi connectivity index (χ3v) is 4.38. The minimum absolute atomic E-state index is 0.0918. The van der Waals surface area contributed by atoms with E-state index in [1.807, 2.05) is 6.07 Å². The van der Waals surface area contributed by atoms with Crippen LogP contribution in [-0.4, -0.2) is 75.5 Å². The van der Waals surface area contributed by atoms with Gasteiger partial charge in [-0.05, 0) is 11.1 Å². The predicted molar refractivity (Wildman–Crippen MR) is 89.4 cm³/mol. The summed E-state index contributed by atoms with van der Waals surface area (Å²) < 4.78 is 0. The van der Waals surface area contributed by atoms with E-state index in [1.165, 1.54) is 6.08 Å². The summed E-state index contributed by atoms with van der Waals surface area (Å²) in [6, 6.07) is 7.36. The summed E-state index contributed by atoms with van der Waals surface area (Å²) in [4.78, 5) is 10.8. The molecule has 138 valence electrons. The number of carbonyl (C=O) groups excluding carboxylic acids is 1. The highest BCUT2D eigenvalue weighted by Crippen LogP contribution is 2.21. The quantitative estimate of drug-likeness (QED) is 0.208. The summed E-state index contributed by atoms with van der Waals surface area (Å²) in [5.41, 5.74) is 0.814. The molecule has 0 fully saturated rings. The van der Waals surface area contributed by atoms with Gasteiger partial charge in [0.2, 0.25) is 6.41 Å². The van der Waals surface area contributed by atoms with Gasteiger partial charge in [-0.3, -0.25) is 4.79 Å². The van der Waals surface area contributed by atoms with Gasteiger partial charge < -0.3 is 36.2 Å². The van der Waals surface area contributed by atoms with Gasteiger partial charge >= 0.3 is 0 Å². The fourth-order valence-corrected chi connectivity index (χ4v) is 2.87. The summed E-state index contributed by atoms with van der Waals surface area (Å²) in [5.74, 6) is 0. The molecule has 6 atom stereocenters. The molecule has 1 aromatic rings. The zero-order chi connectivity index (χ0) is 18.4. The first-order chi connectivity index (χ1) is 12.0. The molecule has 0 saturated carbocycles. The summed E-state index contributed by atoms with van der Waals surface area (Å²) in [6.45, 7) is -0.361. The molecule has 8 nitrogen and oxygen atoms in total. The number of hydrogen-bond acceptors (Lipinski definition) is 7. The molecule has 0 bridgehead atoms. The van der Waals surface area contributed by atoms with E-state index in [4.69, 9.17) is 0 Å². The molecule has 1 aliphatic carbocycles. The maximum absolute atomic E-state index is 10.8. The van der Waals surface area contributed by atoms with Gasteiger partial charge in [-0.25, -0.2) is 0 Å². The van der Waals surface area contributed by atoms with Crippen molar-refractivity contribution in [3.63, 3.8) is 0 Å². The fraction of sp³-hybridized carbons (Fsp3) is 0.471. The van der Waals surface area contributed by atoms with Gasteiger partial charge in [0.1, 0.15) is 24.4 Å². The number of rotatable bonds is 8. The summed E-state index contributed by atoms with van der Waals surface area (Å²) in [7, 11) is 0. The van der Waals surface area contributed by atoms with Gasteiger partial charge in [-0.2, -0.15) is 0 Å². The Morgan fingerprint density at radius 3 is 2.40 bits per heavy atom. The van der Waals surface area contributed by atoms with Crippen molar-refractivity contribution in [3.05, 3.63) is 47.5 Å². The minimum atomic E-state index is -1.44. The number of carbonyl (C=O) groups is 1. The highest BCUT2D eigenvalue weighted by molar-refractivity contribution is 5.47. The zero-order valence-electron chi connectivity index (χ0n) is 13.6. The van der Waals surface area contributed by atoms with Crippen LogP contribution >= 0.6 is 0 Å². The lowest BCUT2D eigenvalue weighted by molar-refractivity contribution is -0.111. The van der Waals surface area contributed by atoms with Crippen LogP contribution in [0, 0.1) is 0 Å². The van der Waals surface area contributed by atoms with Crippen molar-refractivity contribution in [2.75, 3.05) is 13.2 Å². The van der Waals surface area contributed by atoms with E-state index in [0.29, 0.717) is 12.0 Å². The molecule has 0 radical (unpaired) electrons. The summed E-state index contributed by atoms with van der Waals surface area (Å²) >= 11 is 0. The van der Waals surface area contributed by atoms with Crippen molar-refractivity contribution in [2.24, 2.45) is 0 Å². The van der Waals surface area contributed by atoms with Gasteiger partial charge in [0.25, 0.3) is 0 Å². The SMILES string of the molecule is O=CNC(CN[C@@H]1C=C(CO)C(O)[C@H](O)C1O)[C@H](O)c1ccccc1. The van der Waals surface area contributed by atoms with Crippen LogP contribution in [-0.2, 0) is 4.79 Å². The third-order valence-electron chi connectivity index (χ3n) is 4.38. The maximum Gasteiger partial charge on any atom is 0.207 e. The topological polar surface area (TPSA) is 142 Å². The van der Waals surface area contributed by atoms with Gasteiger partial charge in [0.15, 0.2) is 0 Å². The molecule has 0 saturated heterocycles. The number of benzene rings is 1. The van der Waals surface area contributed by atoms with Gasteiger partial charge in [0, 0.05) is 6.54 Å². The normalized spacial score (nSPS) is 28.8. The highest BCUT2D eigenvalue weighted by Gasteiger charge is 2.37. The Morgan fingerprint density at radius 2 is 1.80 bits per heavy atom. The number of aliphatic hydroxyl groups excluding tert-OH is 5. The van der Waals surface area contributed by atoms with Crippen LogP contribution in [0.15, 0.2) is 42.0 Å². The van der Waals surface area contributed by atoms with E-state index in [9.17, 15) is 30.3 Å². The van der Waals surface area contributed by atoms with E-state index < -0.39 is 43.1 Å². The molecule has 0 spiro atoms. The molecular weight excluding hydrogens is 328 g/mol. The van der Waals surface area contributed by atoms with Crippen LogP contribution in [0.25, 0.3) is 0 Å². The largest absolute Gasteiger partial charge is 0.392 e. The molecule has 25 heavy (non-hydrogen) atoms. The first kappa shape index (κ1) is 19.5. The van der Waals surface area contributed by atoms with Crippen LogP contribution in [0.4, 0.5) is 0 Å². The summed E-state index contributed by atoms with van der Waals surface area (Å²) in [5, 5.41) is 54.8. The van der Waals surface area contributed by atoms with Crippen LogP contribution in [0.2, 0.25) is 0 Å². The van der Waals surface area contributed by atoms with Crippen molar-refractivity contribution in [1.29, 1.82) is 0 Å². The lowest BCUT2D eigenvalue weighted by atomic mass is 9.88. The highest BCUT2D eigenvalue weighted by atomic mass is 16.4. The Kier molecular flexibility index (Phi) is 7.06. The second-order valence-corrected chi connectivity index (χ2v) is 6.01. The molecule has 0 aliphatic heterocycles. The maximum atomic E-state index is 10.8. The summed E-state index contributed by atoms with van der Waals surface area (Å²) in [6.07, 6.45) is -3.14. The van der Waals surface area contributed by atoms with Crippen molar-refractivity contribution >= 4 is 6.41 Å². The molecule has 7 N–H and O–H groups in total. The van der Waals surface area contributed by atoms with Crippen molar-refractivity contribution < 1.29 is 30.3 Å². The van der Waals surface area contributed by atoms with E-state index in [2.05, 4.69) is 10.6 Å². The lowest BCUT2D eigenvalue weighted by Gasteiger charge is -2.35. The first-order valence-corrected chi connectivity index (χ1v) is 8.01. The van der Waals surface area contributed by atoms with Crippen LogP contribution in [0.1, 0.15) is 11.7 Å². The number of hydrogen-bond donors (Lipinski definition) is 7. The Bertz CT molecular complexity index is 582. The van der Waals surface area contributed by atoms with Crippen LogP contribution in [0.3, 0.4) is 0 Å². The minimum Gasteiger partial charge on any atom is -0.392 e. The van der Waals surface area contributed by atoms with Crippen molar-refractivity contribution in [3.8, 4) is 0 Å². The average molecular weight is 352 g/mol. The van der Waals surface area contributed by atoms with Gasteiger partial charge in [0.05, 0.1) is 18.7 Å². The Balaban J connectivity index is 2.07. The van der Waals surface area contributed by atoms with Gasteiger partial charge in [-0.1, -0.05) is 36.4 Å². The predicted octanol–water partition coefficient (Wildman–Crippen LogP) is -2.19. The van der Waals surface area contributed by atoms with Crippen molar-refractivity contribution in [1.82, 2.24) is 10.6 Å².